The van der Waals surface area contributed by atoms with Gasteiger partial charge in [-0.05, 0) is 37.1 Å². The van der Waals surface area contributed by atoms with Gasteiger partial charge in [0.25, 0.3) is 0 Å². The van der Waals surface area contributed by atoms with Gasteiger partial charge >= 0.3 is 0 Å². The van der Waals surface area contributed by atoms with Gasteiger partial charge in [0.2, 0.25) is 0 Å². The lowest BCUT2D eigenvalue weighted by atomic mass is 9.92. The zero-order chi connectivity index (χ0) is 13.7. The van der Waals surface area contributed by atoms with Gasteiger partial charge in [-0.3, -0.25) is 0 Å². The van der Waals surface area contributed by atoms with Gasteiger partial charge in [0.15, 0.2) is 11.5 Å². The average molecular weight is 265 g/mol. The van der Waals surface area contributed by atoms with Crippen molar-refractivity contribution in [3.8, 4) is 11.5 Å². The van der Waals surface area contributed by atoms with Gasteiger partial charge in [-0.25, -0.2) is 0 Å². The molecule has 0 saturated heterocycles. The van der Waals surface area contributed by atoms with Crippen LogP contribution < -0.4 is 14.8 Å². The highest BCUT2D eigenvalue weighted by molar-refractivity contribution is 5.44. The van der Waals surface area contributed by atoms with Gasteiger partial charge < -0.3 is 19.5 Å². The van der Waals surface area contributed by atoms with Crippen LogP contribution in [0.4, 0.5) is 0 Å². The first kappa shape index (κ1) is 14.2. The highest BCUT2D eigenvalue weighted by Crippen LogP contribution is 2.34. The molecule has 0 saturated carbocycles. The average Bonchev–Trinajstić information content (AvgIpc) is 2.45. The Hall–Kier alpha value is -1.26. The number of methoxy groups -OCH3 is 1. The molecule has 1 aliphatic heterocycles. The Labute approximate surface area is 115 Å². The molecule has 0 bridgehead atoms. The van der Waals surface area contributed by atoms with Crippen LogP contribution in [0.5, 0.6) is 11.5 Å². The molecule has 4 nitrogen and oxygen atoms in total. The molecule has 2 rings (SSSR count). The lowest BCUT2D eigenvalue weighted by Gasteiger charge is -2.26. The summed E-state index contributed by atoms with van der Waals surface area (Å²) >= 11 is 0. The van der Waals surface area contributed by atoms with E-state index >= 15 is 0 Å². The summed E-state index contributed by atoms with van der Waals surface area (Å²) in [6.07, 6.45) is 1.02. The minimum atomic E-state index is 0.297. The van der Waals surface area contributed by atoms with Gasteiger partial charge in [0.05, 0.1) is 0 Å². The predicted octanol–water partition coefficient (Wildman–Crippen LogP) is 2.39. The van der Waals surface area contributed by atoms with Crippen molar-refractivity contribution in [2.75, 3.05) is 34.0 Å². The van der Waals surface area contributed by atoms with Crippen LogP contribution in [0, 0.1) is 5.92 Å². The number of hydrogen-bond acceptors (Lipinski definition) is 4. The number of nitrogens with one attached hydrogen (secondary N) is 1. The molecule has 1 heterocycles. The SMILES string of the molecule is CNC(c1ccc2c(c1)OCCO2)C(C)CCOC. The van der Waals surface area contributed by atoms with Crippen molar-refractivity contribution in [1.82, 2.24) is 5.32 Å². The molecule has 1 aliphatic rings. The summed E-state index contributed by atoms with van der Waals surface area (Å²) in [6, 6.07) is 6.49. The molecule has 0 aromatic heterocycles. The Morgan fingerprint density at radius 3 is 2.68 bits per heavy atom. The van der Waals surface area contributed by atoms with Crippen molar-refractivity contribution in [2.24, 2.45) is 5.92 Å². The van der Waals surface area contributed by atoms with Crippen LogP contribution in [0.25, 0.3) is 0 Å². The summed E-state index contributed by atoms with van der Waals surface area (Å²) < 4.78 is 16.4. The Morgan fingerprint density at radius 1 is 1.26 bits per heavy atom. The fourth-order valence-corrected chi connectivity index (χ4v) is 2.50. The monoisotopic (exact) mass is 265 g/mol. The molecule has 4 heteroatoms. The van der Waals surface area contributed by atoms with E-state index in [2.05, 4.69) is 24.4 Å². The molecule has 0 aliphatic carbocycles. The third-order valence-electron chi connectivity index (χ3n) is 3.58. The topological polar surface area (TPSA) is 39.7 Å². The number of fused-ring (bicyclic) bond motifs is 1. The highest BCUT2D eigenvalue weighted by atomic mass is 16.6. The Bertz CT molecular complexity index is 408. The number of rotatable bonds is 6. The Morgan fingerprint density at radius 2 is 2.00 bits per heavy atom. The summed E-state index contributed by atoms with van der Waals surface area (Å²) in [5.74, 6) is 2.19. The van der Waals surface area contributed by atoms with E-state index in [1.54, 1.807) is 7.11 Å². The standard InChI is InChI=1S/C15H23NO3/c1-11(6-7-17-3)15(16-2)12-4-5-13-14(10-12)19-9-8-18-13/h4-5,10-11,15-16H,6-9H2,1-3H3. The van der Waals surface area contributed by atoms with E-state index in [1.807, 2.05) is 13.1 Å². The normalized spacial score (nSPS) is 17.0. The summed E-state index contributed by atoms with van der Waals surface area (Å²) in [7, 11) is 3.73. The summed E-state index contributed by atoms with van der Waals surface area (Å²) in [4.78, 5) is 0. The third kappa shape index (κ3) is 3.39. The molecule has 19 heavy (non-hydrogen) atoms. The zero-order valence-electron chi connectivity index (χ0n) is 11.9. The predicted molar refractivity (Wildman–Crippen MR) is 74.9 cm³/mol. The van der Waals surface area contributed by atoms with Gasteiger partial charge in [-0.1, -0.05) is 13.0 Å². The van der Waals surface area contributed by atoms with Crippen molar-refractivity contribution in [3.63, 3.8) is 0 Å². The van der Waals surface area contributed by atoms with Crippen LogP contribution in [0.15, 0.2) is 18.2 Å². The van der Waals surface area contributed by atoms with Crippen LogP contribution in [-0.2, 0) is 4.74 Å². The summed E-state index contributed by atoms with van der Waals surface area (Å²) in [5, 5.41) is 3.38. The molecular weight excluding hydrogens is 242 g/mol. The molecule has 0 radical (unpaired) electrons. The maximum atomic E-state index is 5.64. The second kappa shape index (κ2) is 6.78. The van der Waals surface area contributed by atoms with Crippen LogP contribution in [0.2, 0.25) is 0 Å². The molecule has 1 aromatic carbocycles. The van der Waals surface area contributed by atoms with E-state index in [9.17, 15) is 0 Å². The summed E-state index contributed by atoms with van der Waals surface area (Å²) in [6.45, 7) is 4.27. The van der Waals surface area contributed by atoms with E-state index in [1.165, 1.54) is 5.56 Å². The van der Waals surface area contributed by atoms with Crippen molar-refractivity contribution >= 4 is 0 Å². The van der Waals surface area contributed by atoms with Crippen molar-refractivity contribution in [2.45, 2.75) is 19.4 Å². The lowest BCUT2D eigenvalue weighted by molar-refractivity contribution is 0.168. The first-order valence-corrected chi connectivity index (χ1v) is 6.82. The van der Waals surface area contributed by atoms with Crippen LogP contribution in [0.1, 0.15) is 24.9 Å². The minimum Gasteiger partial charge on any atom is -0.486 e. The summed E-state index contributed by atoms with van der Waals surface area (Å²) in [5.41, 5.74) is 1.23. The van der Waals surface area contributed by atoms with Crippen LogP contribution in [-0.4, -0.2) is 34.0 Å². The zero-order valence-corrected chi connectivity index (χ0v) is 11.9. The molecule has 0 spiro atoms. The minimum absolute atomic E-state index is 0.297. The fourth-order valence-electron chi connectivity index (χ4n) is 2.50. The molecule has 1 aromatic rings. The smallest absolute Gasteiger partial charge is 0.161 e. The van der Waals surface area contributed by atoms with E-state index in [4.69, 9.17) is 14.2 Å². The van der Waals surface area contributed by atoms with E-state index < -0.39 is 0 Å². The van der Waals surface area contributed by atoms with Gasteiger partial charge in [0.1, 0.15) is 13.2 Å². The van der Waals surface area contributed by atoms with Gasteiger partial charge in [-0.15, -0.1) is 0 Å². The molecule has 106 valence electrons. The fraction of sp³-hybridized carbons (Fsp3) is 0.600. The third-order valence-corrected chi connectivity index (χ3v) is 3.58. The highest BCUT2D eigenvalue weighted by Gasteiger charge is 2.20. The second-order valence-electron chi connectivity index (χ2n) is 4.93. The van der Waals surface area contributed by atoms with Gasteiger partial charge in [-0.2, -0.15) is 0 Å². The Balaban J connectivity index is 2.13. The lowest BCUT2D eigenvalue weighted by Crippen LogP contribution is -2.25. The maximum absolute atomic E-state index is 5.64. The molecule has 0 amide bonds. The molecular formula is C15H23NO3. The molecule has 0 fully saturated rings. The maximum Gasteiger partial charge on any atom is 0.161 e. The Kier molecular flexibility index (Phi) is 5.05. The molecule has 1 N–H and O–H groups in total. The van der Waals surface area contributed by atoms with E-state index in [0.29, 0.717) is 25.2 Å². The van der Waals surface area contributed by atoms with Crippen molar-refractivity contribution in [3.05, 3.63) is 23.8 Å². The number of ether oxygens (including phenoxy) is 3. The van der Waals surface area contributed by atoms with E-state index in [0.717, 1.165) is 24.5 Å². The quantitative estimate of drug-likeness (QED) is 0.857. The van der Waals surface area contributed by atoms with E-state index in [-0.39, 0.29) is 0 Å². The molecule has 2 unspecified atom stereocenters. The first-order chi connectivity index (χ1) is 9.26. The van der Waals surface area contributed by atoms with Gasteiger partial charge in [0, 0.05) is 19.8 Å². The number of hydrogen-bond donors (Lipinski definition) is 1. The second-order valence-corrected chi connectivity index (χ2v) is 4.93. The van der Waals surface area contributed by atoms with Crippen LogP contribution in [0.3, 0.4) is 0 Å². The number of benzene rings is 1. The largest absolute Gasteiger partial charge is 0.486 e. The van der Waals surface area contributed by atoms with Crippen molar-refractivity contribution < 1.29 is 14.2 Å². The van der Waals surface area contributed by atoms with Crippen LogP contribution >= 0.6 is 0 Å². The van der Waals surface area contributed by atoms with Crippen molar-refractivity contribution in [1.29, 1.82) is 0 Å². The molecule has 2 atom stereocenters. The first-order valence-electron chi connectivity index (χ1n) is 6.82.